The minimum atomic E-state index is -5.53. The first-order valence-electron chi connectivity index (χ1n) is 5.63. The maximum absolute atomic E-state index is 12.5. The van der Waals surface area contributed by atoms with Crippen LogP contribution in [0, 0.1) is 0 Å². The molecule has 0 saturated carbocycles. The molecule has 0 radical (unpaired) electrons. The summed E-state index contributed by atoms with van der Waals surface area (Å²) in [6.07, 6.45) is -14.9. The normalized spacial score (nSPS) is 14.4. The van der Waals surface area contributed by atoms with Crippen molar-refractivity contribution >= 4 is 0 Å². The van der Waals surface area contributed by atoms with Crippen LogP contribution in [0.25, 0.3) is 0 Å². The number of halogens is 6. The van der Waals surface area contributed by atoms with Gasteiger partial charge in [-0.3, -0.25) is 0 Å². The van der Waals surface area contributed by atoms with E-state index in [1.807, 2.05) is 0 Å². The molecule has 1 N–H and O–H groups in total. The third-order valence-corrected chi connectivity index (χ3v) is 2.66. The van der Waals surface area contributed by atoms with E-state index in [9.17, 15) is 26.3 Å². The van der Waals surface area contributed by atoms with Gasteiger partial charge in [0.05, 0.1) is 0 Å². The summed E-state index contributed by atoms with van der Waals surface area (Å²) in [4.78, 5) is 0. The smallest absolute Gasteiger partial charge is 0.434 e. The Labute approximate surface area is 111 Å². The lowest BCUT2D eigenvalue weighted by Gasteiger charge is -2.26. The molecule has 1 atom stereocenters. The van der Waals surface area contributed by atoms with E-state index in [2.05, 4.69) is 10.1 Å². The molecule has 0 spiro atoms. The number of nitrogens with one attached hydrogen (secondary N) is 1. The molecule has 0 aliphatic rings. The van der Waals surface area contributed by atoms with E-state index in [1.54, 1.807) is 6.92 Å². The highest BCUT2D eigenvalue weighted by Gasteiger charge is 2.59. The van der Waals surface area contributed by atoms with Crippen molar-refractivity contribution in [1.29, 1.82) is 0 Å². The van der Waals surface area contributed by atoms with Crippen LogP contribution in [0.4, 0.5) is 26.3 Å². The number of hydrogen-bond acceptors (Lipinski definition) is 2. The fraction of sp³-hybridized carbons (Fsp3) is 0.500. The number of alkyl halides is 6. The van der Waals surface area contributed by atoms with Crippen LogP contribution in [0.3, 0.4) is 0 Å². The van der Waals surface area contributed by atoms with Crippen LogP contribution in [0.1, 0.15) is 18.5 Å². The predicted molar refractivity (Wildman–Crippen MR) is 60.4 cm³/mol. The third kappa shape index (κ3) is 4.03. The molecule has 0 amide bonds. The van der Waals surface area contributed by atoms with Gasteiger partial charge in [-0.2, -0.15) is 26.3 Å². The lowest BCUT2D eigenvalue weighted by Crippen LogP contribution is -2.46. The van der Waals surface area contributed by atoms with Gasteiger partial charge >= 0.3 is 12.4 Å². The second kappa shape index (κ2) is 5.90. The van der Waals surface area contributed by atoms with E-state index < -0.39 is 30.2 Å². The van der Waals surface area contributed by atoms with E-state index in [4.69, 9.17) is 0 Å². The van der Waals surface area contributed by atoms with E-state index in [0.29, 0.717) is 0 Å². The van der Waals surface area contributed by atoms with Crippen LogP contribution in [-0.2, 0) is 0 Å². The van der Waals surface area contributed by atoms with Crippen molar-refractivity contribution < 1.29 is 31.1 Å². The van der Waals surface area contributed by atoms with Gasteiger partial charge in [-0.15, -0.1) is 0 Å². The highest BCUT2D eigenvalue weighted by molar-refractivity contribution is 5.36. The van der Waals surface area contributed by atoms with Crippen molar-refractivity contribution in [3.8, 4) is 5.75 Å². The van der Waals surface area contributed by atoms with Crippen molar-refractivity contribution in [3.63, 3.8) is 0 Å². The van der Waals surface area contributed by atoms with Gasteiger partial charge in [-0.1, -0.05) is 18.2 Å². The maximum Gasteiger partial charge on any atom is 0.434 e. The van der Waals surface area contributed by atoms with Crippen molar-refractivity contribution in [2.24, 2.45) is 0 Å². The lowest BCUT2D eigenvalue weighted by atomic mass is 10.1. The summed E-state index contributed by atoms with van der Waals surface area (Å²) >= 11 is 0. The molecule has 0 fully saturated rings. The molecule has 8 heteroatoms. The van der Waals surface area contributed by atoms with E-state index in [0.717, 1.165) is 6.07 Å². The Kier molecular flexibility index (Phi) is 4.90. The third-order valence-electron chi connectivity index (χ3n) is 2.66. The topological polar surface area (TPSA) is 21.3 Å². The van der Waals surface area contributed by atoms with Crippen LogP contribution < -0.4 is 10.1 Å². The van der Waals surface area contributed by atoms with Gasteiger partial charge in [0, 0.05) is 11.6 Å². The summed E-state index contributed by atoms with van der Waals surface area (Å²) in [6, 6.07) is 4.85. The van der Waals surface area contributed by atoms with Crippen LogP contribution in [0.2, 0.25) is 0 Å². The van der Waals surface area contributed by atoms with Crippen molar-refractivity contribution in [1.82, 2.24) is 5.32 Å². The highest BCUT2D eigenvalue weighted by Crippen LogP contribution is 2.38. The summed E-state index contributed by atoms with van der Waals surface area (Å²) in [5.41, 5.74) is 0.216. The molecule has 2 nitrogen and oxygen atoms in total. The van der Waals surface area contributed by atoms with Gasteiger partial charge in [0.1, 0.15) is 5.75 Å². The molecule has 0 aliphatic heterocycles. The molecule has 20 heavy (non-hydrogen) atoms. The summed E-state index contributed by atoms with van der Waals surface area (Å²) in [5, 5.41) is 2.73. The zero-order valence-electron chi connectivity index (χ0n) is 10.6. The number of benzene rings is 1. The Morgan fingerprint density at radius 3 is 1.95 bits per heavy atom. The van der Waals surface area contributed by atoms with Gasteiger partial charge in [0.25, 0.3) is 6.10 Å². The van der Waals surface area contributed by atoms with Crippen LogP contribution >= 0.6 is 0 Å². The molecule has 0 heterocycles. The summed E-state index contributed by atoms with van der Waals surface area (Å²) in [6.45, 7) is 1.60. The molecule has 0 saturated heterocycles. The molecule has 114 valence electrons. The number of ether oxygens (including phenoxy) is 1. The summed E-state index contributed by atoms with van der Waals surface area (Å²) in [5.74, 6) is -0.450. The highest BCUT2D eigenvalue weighted by atomic mass is 19.4. The zero-order chi connectivity index (χ0) is 15.6. The SMILES string of the molecule is CNC(C)c1ccccc1OC(C(F)(F)F)C(F)(F)F. The Hall–Kier alpha value is -1.44. The molecule has 1 aromatic carbocycles. The Balaban J connectivity index is 3.13. The van der Waals surface area contributed by atoms with Gasteiger partial charge in [0.2, 0.25) is 0 Å². The Bertz CT molecular complexity index is 428. The van der Waals surface area contributed by atoms with E-state index >= 15 is 0 Å². The van der Waals surface area contributed by atoms with Crippen molar-refractivity contribution in [2.75, 3.05) is 7.05 Å². The van der Waals surface area contributed by atoms with Gasteiger partial charge in [-0.25, -0.2) is 0 Å². The van der Waals surface area contributed by atoms with Crippen molar-refractivity contribution in [3.05, 3.63) is 29.8 Å². The maximum atomic E-state index is 12.5. The van der Waals surface area contributed by atoms with E-state index in [-0.39, 0.29) is 5.56 Å². The monoisotopic (exact) mass is 301 g/mol. The lowest BCUT2D eigenvalue weighted by molar-refractivity contribution is -0.300. The Morgan fingerprint density at radius 1 is 1.00 bits per heavy atom. The Morgan fingerprint density at radius 2 is 1.50 bits per heavy atom. The van der Waals surface area contributed by atoms with Gasteiger partial charge in [0.15, 0.2) is 0 Å². The first kappa shape index (κ1) is 16.6. The molecule has 0 aromatic heterocycles. The molecule has 1 aromatic rings. The minimum Gasteiger partial charge on any atom is -0.471 e. The number of rotatable bonds is 4. The largest absolute Gasteiger partial charge is 0.471 e. The van der Waals surface area contributed by atoms with Gasteiger partial charge < -0.3 is 10.1 Å². The fourth-order valence-corrected chi connectivity index (χ4v) is 1.55. The number of hydrogen-bond donors (Lipinski definition) is 1. The standard InChI is InChI=1S/C12H13F6NO/c1-7(19-2)8-5-3-4-6-9(8)20-10(11(13,14)15)12(16,17)18/h3-7,10,19H,1-2H3. The average molecular weight is 301 g/mol. The van der Waals surface area contributed by atoms with Crippen LogP contribution in [0.15, 0.2) is 24.3 Å². The quantitative estimate of drug-likeness (QED) is 0.853. The van der Waals surface area contributed by atoms with Gasteiger partial charge in [-0.05, 0) is 20.0 Å². The first-order chi connectivity index (χ1) is 9.07. The predicted octanol–water partition coefficient (Wildman–Crippen LogP) is 3.84. The molecule has 1 rings (SSSR count). The van der Waals surface area contributed by atoms with E-state index in [1.165, 1.54) is 25.2 Å². The van der Waals surface area contributed by atoms with Crippen LogP contribution in [0.5, 0.6) is 5.75 Å². The summed E-state index contributed by atoms with van der Waals surface area (Å²) < 4.78 is 78.9. The molecule has 1 unspecified atom stereocenters. The average Bonchev–Trinajstić information content (AvgIpc) is 2.32. The summed E-state index contributed by atoms with van der Waals surface area (Å²) in [7, 11) is 1.53. The first-order valence-corrected chi connectivity index (χ1v) is 5.63. The zero-order valence-corrected chi connectivity index (χ0v) is 10.6. The molecular weight excluding hydrogens is 288 g/mol. The molecule has 0 bridgehead atoms. The second-order valence-electron chi connectivity index (χ2n) is 4.13. The number of para-hydroxylation sites is 1. The fourth-order valence-electron chi connectivity index (χ4n) is 1.55. The second-order valence-corrected chi connectivity index (χ2v) is 4.13. The van der Waals surface area contributed by atoms with Crippen LogP contribution in [-0.4, -0.2) is 25.5 Å². The minimum absolute atomic E-state index is 0.216. The van der Waals surface area contributed by atoms with Crippen molar-refractivity contribution in [2.45, 2.75) is 31.4 Å². The molecule has 0 aliphatic carbocycles. The molecular formula is C12H13F6NO.